The van der Waals surface area contributed by atoms with E-state index < -0.39 is 16.0 Å². The first-order valence-corrected chi connectivity index (χ1v) is 13.7. The molecule has 0 radical (unpaired) electrons. The highest BCUT2D eigenvalue weighted by Gasteiger charge is 2.23. The minimum absolute atomic E-state index is 0.285. The van der Waals surface area contributed by atoms with E-state index in [-0.39, 0.29) is 10.5 Å². The third-order valence-electron chi connectivity index (χ3n) is 6.29. The average Bonchev–Trinajstić information content (AvgIpc) is 3.26. The van der Waals surface area contributed by atoms with E-state index in [2.05, 4.69) is 27.9 Å². The van der Waals surface area contributed by atoms with E-state index in [9.17, 15) is 18.3 Å². The lowest BCUT2D eigenvalue weighted by atomic mass is 9.97. The molecule has 1 fully saturated rings. The van der Waals surface area contributed by atoms with Crippen molar-refractivity contribution in [3.63, 3.8) is 0 Å². The van der Waals surface area contributed by atoms with Crippen LogP contribution in [0.3, 0.4) is 0 Å². The number of aromatic nitrogens is 1. The van der Waals surface area contributed by atoms with Crippen LogP contribution in [0.2, 0.25) is 0 Å². The van der Waals surface area contributed by atoms with Gasteiger partial charge in [-0.25, -0.2) is 4.79 Å². The van der Waals surface area contributed by atoms with Gasteiger partial charge in [0.15, 0.2) is 0 Å². The summed E-state index contributed by atoms with van der Waals surface area (Å²) in [6, 6.07) is 19.8. The molecule has 9 heteroatoms. The van der Waals surface area contributed by atoms with Crippen molar-refractivity contribution in [3.8, 4) is 0 Å². The molecule has 2 N–H and O–H groups in total. The number of sulfonamides is 1. The van der Waals surface area contributed by atoms with E-state index in [0.717, 1.165) is 47.1 Å². The summed E-state index contributed by atoms with van der Waals surface area (Å²) < 4.78 is 32.6. The summed E-state index contributed by atoms with van der Waals surface area (Å²) in [6.45, 7) is 2.29. The summed E-state index contributed by atoms with van der Waals surface area (Å²) in [6.07, 6.45) is 3.96. The number of aromatic carboxylic acids is 1. The Hall–Kier alpha value is -3.27. The number of benzene rings is 3. The highest BCUT2D eigenvalue weighted by molar-refractivity contribution is 7.90. The molecule has 0 atom stereocenters. The second kappa shape index (κ2) is 9.77. The number of nitrogens with zero attached hydrogens (tertiary/aromatic N) is 2. The Labute approximate surface area is 207 Å². The zero-order valence-corrected chi connectivity index (χ0v) is 20.6. The quantitative estimate of drug-likeness (QED) is 0.407. The van der Waals surface area contributed by atoms with Gasteiger partial charge in [-0.1, -0.05) is 54.6 Å². The topological polar surface area (TPSA) is 101 Å². The van der Waals surface area contributed by atoms with Crippen molar-refractivity contribution in [2.45, 2.75) is 30.2 Å². The van der Waals surface area contributed by atoms with Crippen molar-refractivity contribution in [2.24, 2.45) is 4.40 Å². The lowest BCUT2D eigenvalue weighted by Crippen LogP contribution is -2.26. The van der Waals surface area contributed by atoms with Gasteiger partial charge >= 0.3 is 5.97 Å². The number of hydrogen-bond donors (Lipinski definition) is 2. The van der Waals surface area contributed by atoms with Crippen LogP contribution in [0, 0.1) is 0 Å². The van der Waals surface area contributed by atoms with Gasteiger partial charge in [0.1, 0.15) is 4.90 Å². The number of carboxylic acid groups (broad SMARTS) is 1. The fourth-order valence-electron chi connectivity index (χ4n) is 4.51. The fourth-order valence-corrected chi connectivity index (χ4v) is 7.08. The Morgan fingerprint density at radius 2 is 1.74 bits per heavy atom. The number of hydrogen-bond acceptors (Lipinski definition) is 5. The van der Waals surface area contributed by atoms with E-state index in [1.165, 1.54) is 35.6 Å². The average molecular weight is 508 g/mol. The summed E-state index contributed by atoms with van der Waals surface area (Å²) in [5, 5.41) is 15.1. The number of rotatable bonds is 6. The number of thiazole rings is 1. The minimum atomic E-state index is -4.24. The van der Waals surface area contributed by atoms with Crippen molar-refractivity contribution in [1.29, 1.82) is 0 Å². The van der Waals surface area contributed by atoms with E-state index in [1.807, 2.05) is 35.0 Å². The maximum atomic E-state index is 13.3. The third-order valence-corrected chi connectivity index (χ3v) is 8.92. The number of piperidine rings is 1. The second-order valence-electron chi connectivity index (χ2n) is 8.57. The summed E-state index contributed by atoms with van der Waals surface area (Å²) in [7, 11) is -4.24. The Balaban J connectivity index is 1.64. The first kappa shape index (κ1) is 23.5. The Kier molecular flexibility index (Phi) is 6.55. The molecular weight excluding hydrogens is 482 g/mol. The molecule has 0 bridgehead atoms. The zero-order chi connectivity index (χ0) is 24.4. The lowest BCUT2D eigenvalue weighted by molar-refractivity contribution is 0.0692. The maximum absolute atomic E-state index is 13.3. The van der Waals surface area contributed by atoms with Gasteiger partial charge in [0, 0.05) is 11.1 Å². The first-order chi connectivity index (χ1) is 16.9. The monoisotopic (exact) mass is 507 g/mol. The van der Waals surface area contributed by atoms with Crippen LogP contribution in [0.15, 0.2) is 82.2 Å². The first-order valence-electron chi connectivity index (χ1n) is 11.4. The molecule has 3 aromatic carbocycles. The molecule has 0 amide bonds. The highest BCUT2D eigenvalue weighted by Crippen LogP contribution is 2.28. The van der Waals surface area contributed by atoms with Crippen molar-refractivity contribution < 1.29 is 18.3 Å². The van der Waals surface area contributed by atoms with Crippen LogP contribution >= 0.6 is 11.3 Å². The molecular formula is C26H25N3O4S2. The molecule has 0 spiro atoms. The van der Waals surface area contributed by atoms with Gasteiger partial charge in [-0.05, 0) is 60.3 Å². The molecule has 4 aromatic rings. The van der Waals surface area contributed by atoms with E-state index in [1.54, 1.807) is 0 Å². The van der Waals surface area contributed by atoms with Crippen LogP contribution in [0.1, 0.15) is 39.6 Å². The van der Waals surface area contributed by atoms with Gasteiger partial charge < -0.3 is 15.0 Å². The Morgan fingerprint density at radius 1 is 1.03 bits per heavy atom. The molecule has 2 heterocycles. The summed E-state index contributed by atoms with van der Waals surface area (Å²) >= 11 is 1.37. The Morgan fingerprint density at radius 3 is 2.54 bits per heavy atom. The van der Waals surface area contributed by atoms with Crippen molar-refractivity contribution >= 4 is 38.1 Å². The molecule has 1 aliphatic rings. The number of carboxylic acids is 1. The van der Waals surface area contributed by atoms with E-state index in [0.29, 0.717) is 17.3 Å². The molecule has 0 saturated carbocycles. The number of nitrogens with one attached hydrogen (secondary N) is 1. The summed E-state index contributed by atoms with van der Waals surface area (Å²) in [4.78, 5) is 12.8. The Bertz CT molecular complexity index is 1560. The van der Waals surface area contributed by atoms with Crippen LogP contribution in [-0.4, -0.2) is 37.2 Å². The highest BCUT2D eigenvalue weighted by atomic mass is 32.2. The SMILES string of the molecule is O=C(O)c1ccccc1S(=O)(=O)/N=c1\sc(C2CCNCC2)cn1Cc1cccc2ccccc12. The largest absolute Gasteiger partial charge is 0.478 e. The molecule has 1 aromatic heterocycles. The van der Waals surface area contributed by atoms with Crippen molar-refractivity contribution in [3.05, 3.63) is 93.7 Å². The molecule has 0 unspecified atom stereocenters. The normalized spacial score (nSPS) is 15.5. The maximum Gasteiger partial charge on any atom is 0.337 e. The molecule has 7 nitrogen and oxygen atoms in total. The van der Waals surface area contributed by atoms with Crippen LogP contribution in [-0.2, 0) is 16.6 Å². The van der Waals surface area contributed by atoms with Gasteiger partial charge in [0.05, 0.1) is 12.1 Å². The van der Waals surface area contributed by atoms with E-state index in [4.69, 9.17) is 0 Å². The smallest absolute Gasteiger partial charge is 0.337 e. The predicted molar refractivity (Wildman–Crippen MR) is 136 cm³/mol. The van der Waals surface area contributed by atoms with Crippen LogP contribution < -0.4 is 10.1 Å². The van der Waals surface area contributed by atoms with Crippen LogP contribution in [0.4, 0.5) is 0 Å². The third kappa shape index (κ3) is 4.93. The van der Waals surface area contributed by atoms with Gasteiger partial charge in [-0.3, -0.25) is 0 Å². The second-order valence-corrected chi connectivity index (χ2v) is 11.2. The van der Waals surface area contributed by atoms with E-state index >= 15 is 0 Å². The molecule has 0 aliphatic carbocycles. The van der Waals surface area contributed by atoms with Gasteiger partial charge in [-0.15, -0.1) is 15.7 Å². The number of carbonyl (C=O) groups is 1. The van der Waals surface area contributed by atoms with Crippen molar-refractivity contribution in [2.75, 3.05) is 13.1 Å². The van der Waals surface area contributed by atoms with Crippen LogP contribution in [0.25, 0.3) is 10.8 Å². The van der Waals surface area contributed by atoms with Gasteiger partial charge in [0.2, 0.25) is 4.80 Å². The zero-order valence-electron chi connectivity index (χ0n) is 18.9. The summed E-state index contributed by atoms with van der Waals surface area (Å²) in [5.74, 6) is -0.970. The molecule has 5 rings (SSSR count). The molecule has 1 saturated heterocycles. The standard InChI is InChI=1S/C26H25N3O4S2/c30-25(31)22-10-3-4-11-24(22)35(32,33)28-26-29(17-23(34-26)19-12-14-27-15-13-19)16-20-8-5-7-18-6-1-2-9-21(18)20/h1-11,17,19,27H,12-16H2,(H,30,31)/b28-26-. The predicted octanol–water partition coefficient (Wildman–Crippen LogP) is 4.21. The molecule has 1 aliphatic heterocycles. The number of fused-ring (bicyclic) bond motifs is 1. The molecule has 180 valence electrons. The minimum Gasteiger partial charge on any atom is -0.478 e. The lowest BCUT2D eigenvalue weighted by Gasteiger charge is -2.20. The van der Waals surface area contributed by atoms with Crippen LogP contribution in [0.5, 0.6) is 0 Å². The van der Waals surface area contributed by atoms with Gasteiger partial charge in [-0.2, -0.15) is 8.42 Å². The van der Waals surface area contributed by atoms with Gasteiger partial charge in [0.25, 0.3) is 10.0 Å². The van der Waals surface area contributed by atoms with Crippen molar-refractivity contribution in [1.82, 2.24) is 9.88 Å². The fraction of sp³-hybridized carbons (Fsp3) is 0.231. The molecule has 35 heavy (non-hydrogen) atoms. The summed E-state index contributed by atoms with van der Waals surface area (Å²) in [5.41, 5.74) is 0.773.